The summed E-state index contributed by atoms with van der Waals surface area (Å²) < 4.78 is 0.803. The SMILES string of the molecule is [CH2]c1cc(Br)cc2[nH]c(=O)c(=O)[nH]c12. The molecule has 1 aromatic carbocycles. The molecular weight excluding hydrogens is 248 g/mol. The number of H-pyrrole nitrogens is 2. The zero-order chi connectivity index (χ0) is 10.3. The lowest BCUT2D eigenvalue weighted by Crippen LogP contribution is -2.29. The molecule has 0 atom stereocenters. The molecule has 2 rings (SSSR count). The van der Waals surface area contributed by atoms with E-state index in [0.29, 0.717) is 16.6 Å². The fourth-order valence-electron chi connectivity index (χ4n) is 1.26. The van der Waals surface area contributed by atoms with Gasteiger partial charge in [0.25, 0.3) is 0 Å². The van der Waals surface area contributed by atoms with E-state index in [0.717, 1.165) is 4.47 Å². The Morgan fingerprint density at radius 1 is 1.14 bits per heavy atom. The highest BCUT2D eigenvalue weighted by Crippen LogP contribution is 2.18. The normalized spacial score (nSPS) is 10.7. The minimum absolute atomic E-state index is 0.554. The molecule has 0 aliphatic rings. The minimum atomic E-state index is -0.662. The van der Waals surface area contributed by atoms with Crippen molar-refractivity contribution in [2.24, 2.45) is 0 Å². The van der Waals surface area contributed by atoms with Crippen molar-refractivity contribution in [2.45, 2.75) is 0 Å². The molecule has 2 aromatic rings. The van der Waals surface area contributed by atoms with Crippen molar-refractivity contribution < 1.29 is 0 Å². The summed E-state index contributed by atoms with van der Waals surface area (Å²) in [5.41, 5.74) is 0.453. The summed E-state index contributed by atoms with van der Waals surface area (Å²) in [5, 5.41) is 0. The number of aromatic nitrogens is 2. The lowest BCUT2D eigenvalue weighted by atomic mass is 10.2. The van der Waals surface area contributed by atoms with Crippen LogP contribution in [-0.4, -0.2) is 9.97 Å². The number of benzene rings is 1. The molecule has 4 nitrogen and oxygen atoms in total. The van der Waals surface area contributed by atoms with Crippen LogP contribution in [0.3, 0.4) is 0 Å². The molecular formula is C9H6BrN2O2. The predicted molar refractivity (Wildman–Crippen MR) is 57.3 cm³/mol. The summed E-state index contributed by atoms with van der Waals surface area (Å²) >= 11 is 3.27. The standard InChI is InChI=1S/C9H6BrN2O2/c1-4-2-5(10)3-6-7(4)12-9(14)8(13)11-6/h2-3H,1H2,(H,11,13)(H,12,14). The van der Waals surface area contributed by atoms with Gasteiger partial charge >= 0.3 is 11.1 Å². The highest BCUT2D eigenvalue weighted by Gasteiger charge is 2.02. The number of fused-ring (bicyclic) bond motifs is 1. The second-order valence-corrected chi connectivity index (χ2v) is 3.81. The predicted octanol–water partition coefficient (Wildman–Crippen LogP) is 1.16. The maximum atomic E-state index is 11.0. The Kier molecular flexibility index (Phi) is 2.03. The number of hydrogen-bond donors (Lipinski definition) is 2. The zero-order valence-electron chi connectivity index (χ0n) is 7.06. The Morgan fingerprint density at radius 3 is 2.50 bits per heavy atom. The van der Waals surface area contributed by atoms with Crippen molar-refractivity contribution in [1.82, 2.24) is 9.97 Å². The highest BCUT2D eigenvalue weighted by atomic mass is 79.9. The molecule has 1 heterocycles. The smallest absolute Gasteiger partial charge is 0.314 e. The summed E-state index contributed by atoms with van der Waals surface area (Å²) in [6, 6.07) is 3.47. The average molecular weight is 254 g/mol. The first kappa shape index (κ1) is 9.21. The first-order chi connectivity index (χ1) is 6.58. The van der Waals surface area contributed by atoms with Gasteiger partial charge in [-0.2, -0.15) is 0 Å². The molecule has 0 saturated heterocycles. The Balaban J connectivity index is 3.03. The maximum Gasteiger partial charge on any atom is 0.314 e. The summed E-state index contributed by atoms with van der Waals surface area (Å²) in [7, 11) is 0. The maximum absolute atomic E-state index is 11.0. The van der Waals surface area contributed by atoms with Crippen LogP contribution in [0.1, 0.15) is 5.56 Å². The molecule has 0 aliphatic heterocycles. The van der Waals surface area contributed by atoms with Crippen LogP contribution in [0.2, 0.25) is 0 Å². The van der Waals surface area contributed by atoms with Crippen molar-refractivity contribution in [2.75, 3.05) is 0 Å². The van der Waals surface area contributed by atoms with Gasteiger partial charge < -0.3 is 9.97 Å². The summed E-state index contributed by atoms with van der Waals surface area (Å²) in [5.74, 6) is 0. The molecule has 5 heteroatoms. The van der Waals surface area contributed by atoms with E-state index in [1.165, 1.54) is 0 Å². The monoisotopic (exact) mass is 253 g/mol. The molecule has 0 bridgehead atoms. The number of aromatic amines is 2. The van der Waals surface area contributed by atoms with Crippen LogP contribution >= 0.6 is 15.9 Å². The first-order valence-corrected chi connectivity index (χ1v) is 4.65. The topological polar surface area (TPSA) is 65.7 Å². The summed E-state index contributed by atoms with van der Waals surface area (Å²) in [6.45, 7) is 3.76. The number of rotatable bonds is 0. The molecule has 1 aromatic heterocycles. The van der Waals surface area contributed by atoms with Crippen molar-refractivity contribution in [3.05, 3.63) is 49.8 Å². The summed E-state index contributed by atoms with van der Waals surface area (Å²) in [6.07, 6.45) is 0. The Hall–Kier alpha value is -1.36. The number of hydrogen-bond acceptors (Lipinski definition) is 2. The Morgan fingerprint density at radius 2 is 1.79 bits per heavy atom. The quantitative estimate of drug-likeness (QED) is 0.693. The molecule has 14 heavy (non-hydrogen) atoms. The van der Waals surface area contributed by atoms with E-state index in [2.05, 4.69) is 32.8 Å². The van der Waals surface area contributed by atoms with Crippen LogP contribution in [0.15, 0.2) is 26.2 Å². The van der Waals surface area contributed by atoms with Gasteiger partial charge in [-0.15, -0.1) is 0 Å². The van der Waals surface area contributed by atoms with Gasteiger partial charge in [0.1, 0.15) is 0 Å². The van der Waals surface area contributed by atoms with Crippen LogP contribution < -0.4 is 11.1 Å². The van der Waals surface area contributed by atoms with E-state index in [9.17, 15) is 9.59 Å². The van der Waals surface area contributed by atoms with Gasteiger partial charge in [0.05, 0.1) is 11.0 Å². The van der Waals surface area contributed by atoms with Gasteiger partial charge in [-0.1, -0.05) is 15.9 Å². The number of nitrogens with one attached hydrogen (secondary N) is 2. The van der Waals surface area contributed by atoms with Gasteiger partial charge in [0.15, 0.2) is 0 Å². The molecule has 0 saturated carbocycles. The second-order valence-electron chi connectivity index (χ2n) is 2.90. The first-order valence-electron chi connectivity index (χ1n) is 3.86. The van der Waals surface area contributed by atoms with Gasteiger partial charge in [-0.05, 0) is 24.6 Å². The fourth-order valence-corrected chi connectivity index (χ4v) is 1.76. The Labute approximate surface area is 87.1 Å². The van der Waals surface area contributed by atoms with E-state index in [4.69, 9.17) is 0 Å². The molecule has 1 radical (unpaired) electrons. The van der Waals surface area contributed by atoms with Crippen molar-refractivity contribution in [3.8, 4) is 0 Å². The van der Waals surface area contributed by atoms with Gasteiger partial charge in [-0.3, -0.25) is 9.59 Å². The van der Waals surface area contributed by atoms with Crippen LogP contribution in [0.4, 0.5) is 0 Å². The van der Waals surface area contributed by atoms with Crippen LogP contribution in [-0.2, 0) is 0 Å². The van der Waals surface area contributed by atoms with Crippen molar-refractivity contribution >= 4 is 27.0 Å². The van der Waals surface area contributed by atoms with E-state index in [1.807, 2.05) is 0 Å². The fraction of sp³-hybridized carbons (Fsp3) is 0. The Bertz CT molecular complexity index is 612. The third-order valence-corrected chi connectivity index (χ3v) is 2.34. The third kappa shape index (κ3) is 1.39. The summed E-state index contributed by atoms with van der Waals surface area (Å²) in [4.78, 5) is 27.0. The minimum Gasteiger partial charge on any atom is -0.316 e. The second kappa shape index (κ2) is 3.09. The molecule has 0 spiro atoms. The van der Waals surface area contributed by atoms with Gasteiger partial charge in [0, 0.05) is 4.47 Å². The zero-order valence-corrected chi connectivity index (χ0v) is 8.64. The molecule has 2 N–H and O–H groups in total. The van der Waals surface area contributed by atoms with Crippen LogP contribution in [0.5, 0.6) is 0 Å². The van der Waals surface area contributed by atoms with E-state index < -0.39 is 11.1 Å². The van der Waals surface area contributed by atoms with E-state index >= 15 is 0 Å². The van der Waals surface area contributed by atoms with Crippen LogP contribution in [0, 0.1) is 6.92 Å². The van der Waals surface area contributed by atoms with E-state index in [1.54, 1.807) is 12.1 Å². The molecule has 0 aliphatic carbocycles. The number of halogens is 1. The van der Waals surface area contributed by atoms with Crippen molar-refractivity contribution in [3.63, 3.8) is 0 Å². The largest absolute Gasteiger partial charge is 0.316 e. The van der Waals surface area contributed by atoms with Crippen molar-refractivity contribution in [1.29, 1.82) is 0 Å². The van der Waals surface area contributed by atoms with E-state index in [-0.39, 0.29) is 0 Å². The molecule has 0 unspecified atom stereocenters. The lowest BCUT2D eigenvalue weighted by Gasteiger charge is -2.01. The average Bonchev–Trinajstić information content (AvgIpc) is 2.08. The molecule has 0 amide bonds. The van der Waals surface area contributed by atoms with Gasteiger partial charge in [0.2, 0.25) is 0 Å². The molecule has 0 fully saturated rings. The highest BCUT2D eigenvalue weighted by molar-refractivity contribution is 9.10. The third-order valence-electron chi connectivity index (χ3n) is 1.88. The van der Waals surface area contributed by atoms with Crippen LogP contribution in [0.25, 0.3) is 11.0 Å². The lowest BCUT2D eigenvalue weighted by molar-refractivity contribution is 1.14. The van der Waals surface area contributed by atoms with Gasteiger partial charge in [-0.25, -0.2) is 0 Å². The molecule has 71 valence electrons.